The van der Waals surface area contributed by atoms with Crippen molar-refractivity contribution < 1.29 is 13.5 Å². The first kappa shape index (κ1) is 12.3. The maximum Gasteiger partial charge on any atom is 0.150 e. The average molecular weight is 247 g/mol. The average Bonchev–Trinajstić information content (AvgIpc) is 2.62. The third-order valence-corrected chi connectivity index (χ3v) is 5.83. The fraction of sp³-hybridized carbons (Fsp3) is 1.00. The minimum atomic E-state index is -2.75. The van der Waals surface area contributed by atoms with Crippen LogP contribution in [0.2, 0.25) is 0 Å². The van der Waals surface area contributed by atoms with Crippen molar-refractivity contribution in [2.45, 2.75) is 31.7 Å². The van der Waals surface area contributed by atoms with Crippen molar-refractivity contribution in [3.8, 4) is 0 Å². The summed E-state index contributed by atoms with van der Waals surface area (Å²) in [5.74, 6) is 1.76. The van der Waals surface area contributed by atoms with Crippen LogP contribution in [0.5, 0.6) is 0 Å². The predicted molar refractivity (Wildman–Crippen MR) is 63.0 cm³/mol. The van der Waals surface area contributed by atoms with Crippen LogP contribution in [0.25, 0.3) is 0 Å². The maximum absolute atomic E-state index is 11.3. The van der Waals surface area contributed by atoms with Crippen molar-refractivity contribution in [2.24, 2.45) is 11.8 Å². The first-order chi connectivity index (χ1) is 7.44. The van der Waals surface area contributed by atoms with Gasteiger partial charge in [-0.3, -0.25) is 0 Å². The van der Waals surface area contributed by atoms with Crippen LogP contribution >= 0.6 is 0 Å². The Balaban J connectivity index is 1.92. The smallest absolute Gasteiger partial charge is 0.150 e. The zero-order valence-electron chi connectivity index (χ0n) is 9.78. The molecule has 2 heterocycles. The van der Waals surface area contributed by atoms with E-state index in [0.717, 1.165) is 25.8 Å². The summed E-state index contributed by atoms with van der Waals surface area (Å²) in [6.45, 7) is 3.11. The molecule has 0 aromatic carbocycles. The Morgan fingerprint density at radius 2 is 1.94 bits per heavy atom. The summed E-state index contributed by atoms with van der Waals surface area (Å²) >= 11 is 0. The van der Waals surface area contributed by atoms with E-state index in [2.05, 4.69) is 5.32 Å². The van der Waals surface area contributed by atoms with Crippen LogP contribution in [0.3, 0.4) is 0 Å². The van der Waals surface area contributed by atoms with E-state index in [9.17, 15) is 13.5 Å². The fourth-order valence-electron chi connectivity index (χ4n) is 2.93. The highest BCUT2D eigenvalue weighted by molar-refractivity contribution is 7.91. The van der Waals surface area contributed by atoms with Gasteiger partial charge in [0, 0.05) is 5.54 Å². The molecule has 0 aliphatic carbocycles. The lowest BCUT2D eigenvalue weighted by atomic mass is 9.83. The van der Waals surface area contributed by atoms with Gasteiger partial charge in [-0.05, 0) is 44.6 Å². The lowest BCUT2D eigenvalue weighted by Crippen LogP contribution is -2.39. The molecular formula is C11H21NO3S. The molecule has 0 saturated carbocycles. The van der Waals surface area contributed by atoms with Gasteiger partial charge in [0.15, 0.2) is 0 Å². The first-order valence-corrected chi connectivity index (χ1v) is 7.83. The summed E-state index contributed by atoms with van der Waals surface area (Å²) in [4.78, 5) is 0. The van der Waals surface area contributed by atoms with E-state index < -0.39 is 9.84 Å². The molecule has 2 aliphatic rings. The second kappa shape index (κ2) is 4.27. The molecule has 0 aromatic heterocycles. The SMILES string of the molecule is CC1(CO)CC(C2CCS(=O)(=O)CC2)CN1. The van der Waals surface area contributed by atoms with Crippen LogP contribution in [0.15, 0.2) is 0 Å². The molecule has 2 atom stereocenters. The van der Waals surface area contributed by atoms with Crippen LogP contribution in [0, 0.1) is 11.8 Å². The molecule has 0 radical (unpaired) electrons. The van der Waals surface area contributed by atoms with Crippen molar-refractivity contribution in [1.29, 1.82) is 0 Å². The zero-order valence-corrected chi connectivity index (χ0v) is 10.6. The second-order valence-electron chi connectivity index (χ2n) is 5.55. The quantitative estimate of drug-likeness (QED) is 0.730. The van der Waals surface area contributed by atoms with E-state index in [4.69, 9.17) is 0 Å². The predicted octanol–water partition coefficient (Wildman–Crippen LogP) is 0.172. The molecule has 2 saturated heterocycles. The maximum atomic E-state index is 11.3. The highest BCUT2D eigenvalue weighted by atomic mass is 32.2. The molecule has 0 bridgehead atoms. The van der Waals surface area contributed by atoms with Crippen molar-refractivity contribution in [3.63, 3.8) is 0 Å². The van der Waals surface area contributed by atoms with E-state index in [0.29, 0.717) is 23.3 Å². The van der Waals surface area contributed by atoms with Gasteiger partial charge in [-0.2, -0.15) is 0 Å². The molecule has 0 spiro atoms. The van der Waals surface area contributed by atoms with Gasteiger partial charge in [-0.25, -0.2) is 8.42 Å². The zero-order chi connectivity index (χ0) is 11.8. The van der Waals surface area contributed by atoms with E-state index in [1.807, 2.05) is 6.92 Å². The lowest BCUT2D eigenvalue weighted by molar-refractivity contribution is 0.183. The summed E-state index contributed by atoms with van der Waals surface area (Å²) in [6, 6.07) is 0. The van der Waals surface area contributed by atoms with Gasteiger partial charge in [-0.1, -0.05) is 0 Å². The molecule has 2 fully saturated rings. The molecule has 0 aromatic rings. The number of rotatable bonds is 2. The molecule has 5 heteroatoms. The number of sulfone groups is 1. The molecule has 2 aliphatic heterocycles. The van der Waals surface area contributed by atoms with Crippen molar-refractivity contribution in [1.82, 2.24) is 5.32 Å². The third-order valence-electron chi connectivity index (χ3n) is 4.12. The summed E-state index contributed by atoms with van der Waals surface area (Å²) in [6.07, 6.45) is 2.57. The van der Waals surface area contributed by atoms with E-state index in [-0.39, 0.29) is 12.1 Å². The standard InChI is InChI=1S/C11H21NO3S/c1-11(8-13)6-10(7-12-11)9-2-4-16(14,15)5-3-9/h9-10,12-13H,2-8H2,1H3. The molecular weight excluding hydrogens is 226 g/mol. The van der Waals surface area contributed by atoms with Gasteiger partial charge >= 0.3 is 0 Å². The lowest BCUT2D eigenvalue weighted by Gasteiger charge is -2.28. The van der Waals surface area contributed by atoms with Crippen LogP contribution < -0.4 is 5.32 Å². The van der Waals surface area contributed by atoms with Crippen LogP contribution in [0.4, 0.5) is 0 Å². The summed E-state index contributed by atoms with van der Waals surface area (Å²) in [5, 5.41) is 12.6. The van der Waals surface area contributed by atoms with Crippen LogP contribution in [-0.2, 0) is 9.84 Å². The fourth-order valence-corrected chi connectivity index (χ4v) is 4.46. The van der Waals surface area contributed by atoms with E-state index in [1.165, 1.54) is 0 Å². The Hall–Kier alpha value is -0.130. The molecule has 2 unspecified atom stereocenters. The summed E-state index contributed by atoms with van der Waals surface area (Å²) < 4.78 is 22.7. The van der Waals surface area contributed by atoms with Gasteiger partial charge in [-0.15, -0.1) is 0 Å². The van der Waals surface area contributed by atoms with E-state index >= 15 is 0 Å². The van der Waals surface area contributed by atoms with Crippen molar-refractivity contribution >= 4 is 9.84 Å². The molecule has 2 rings (SSSR count). The van der Waals surface area contributed by atoms with Crippen molar-refractivity contribution in [3.05, 3.63) is 0 Å². The van der Waals surface area contributed by atoms with Crippen LogP contribution in [0.1, 0.15) is 26.2 Å². The number of aliphatic hydroxyl groups excluding tert-OH is 1. The van der Waals surface area contributed by atoms with Crippen LogP contribution in [-0.4, -0.2) is 43.7 Å². The molecule has 4 nitrogen and oxygen atoms in total. The minimum absolute atomic E-state index is 0.152. The monoisotopic (exact) mass is 247 g/mol. The Labute approximate surface area is 97.3 Å². The normalized spacial score (nSPS) is 40.0. The van der Waals surface area contributed by atoms with Crippen molar-refractivity contribution in [2.75, 3.05) is 24.7 Å². The molecule has 16 heavy (non-hydrogen) atoms. The Bertz CT molecular complexity index is 340. The van der Waals surface area contributed by atoms with Gasteiger partial charge < -0.3 is 10.4 Å². The molecule has 94 valence electrons. The summed E-state index contributed by atoms with van der Waals surface area (Å²) in [7, 11) is -2.75. The largest absolute Gasteiger partial charge is 0.394 e. The van der Waals surface area contributed by atoms with Gasteiger partial charge in [0.05, 0.1) is 18.1 Å². The topological polar surface area (TPSA) is 66.4 Å². The Kier molecular flexibility index (Phi) is 3.29. The Morgan fingerprint density at radius 3 is 2.44 bits per heavy atom. The molecule has 2 N–H and O–H groups in total. The number of aliphatic hydroxyl groups is 1. The number of hydrogen-bond acceptors (Lipinski definition) is 4. The summed E-state index contributed by atoms with van der Waals surface area (Å²) in [5.41, 5.74) is -0.152. The number of hydrogen-bond donors (Lipinski definition) is 2. The number of nitrogens with one attached hydrogen (secondary N) is 1. The molecule has 0 amide bonds. The third kappa shape index (κ3) is 2.57. The van der Waals surface area contributed by atoms with Gasteiger partial charge in [0.2, 0.25) is 0 Å². The van der Waals surface area contributed by atoms with Gasteiger partial charge in [0.1, 0.15) is 9.84 Å². The van der Waals surface area contributed by atoms with Gasteiger partial charge in [0.25, 0.3) is 0 Å². The highest BCUT2D eigenvalue weighted by Gasteiger charge is 2.39. The highest BCUT2D eigenvalue weighted by Crippen LogP contribution is 2.35. The Morgan fingerprint density at radius 1 is 1.31 bits per heavy atom. The minimum Gasteiger partial charge on any atom is -0.394 e. The van der Waals surface area contributed by atoms with E-state index in [1.54, 1.807) is 0 Å². The second-order valence-corrected chi connectivity index (χ2v) is 7.86. The first-order valence-electron chi connectivity index (χ1n) is 6.00.